The third-order valence-electron chi connectivity index (χ3n) is 6.63. The zero-order valence-electron chi connectivity index (χ0n) is 16.8. The van der Waals surface area contributed by atoms with E-state index >= 15 is 0 Å². The van der Waals surface area contributed by atoms with E-state index in [1.807, 2.05) is 23.1 Å². The van der Waals surface area contributed by atoms with Crippen LogP contribution in [0, 0.1) is 22.7 Å². The van der Waals surface area contributed by atoms with Gasteiger partial charge in [-0.2, -0.15) is 5.26 Å². The van der Waals surface area contributed by atoms with Crippen molar-refractivity contribution in [1.82, 2.24) is 20.1 Å². The summed E-state index contributed by atoms with van der Waals surface area (Å²) in [5, 5.41) is 12.3. The zero-order chi connectivity index (χ0) is 20.3. The lowest BCUT2D eigenvalue weighted by atomic mass is 9.93. The fourth-order valence-electron chi connectivity index (χ4n) is 4.61. The first kappa shape index (κ1) is 19.8. The zero-order valence-corrected chi connectivity index (χ0v) is 16.8. The molecule has 0 aromatic carbocycles. The lowest BCUT2D eigenvalue weighted by Gasteiger charge is -2.42. The normalized spacial score (nSPS) is 24.5. The van der Waals surface area contributed by atoms with E-state index in [9.17, 15) is 14.9 Å². The summed E-state index contributed by atoms with van der Waals surface area (Å²) < 4.78 is 0. The fourth-order valence-corrected chi connectivity index (χ4v) is 4.61. The molecule has 7 nitrogen and oxygen atoms in total. The summed E-state index contributed by atoms with van der Waals surface area (Å²) >= 11 is 0. The second kappa shape index (κ2) is 8.50. The Hall–Kier alpha value is -2.46. The van der Waals surface area contributed by atoms with E-state index in [0.29, 0.717) is 25.4 Å². The molecule has 0 bridgehead atoms. The summed E-state index contributed by atoms with van der Waals surface area (Å²) in [5.74, 6) is 0.155. The van der Waals surface area contributed by atoms with Crippen molar-refractivity contribution in [3.8, 4) is 6.07 Å². The molecule has 29 heavy (non-hydrogen) atoms. The molecule has 1 aliphatic carbocycles. The lowest BCUT2D eigenvalue weighted by Crippen LogP contribution is -2.52. The summed E-state index contributed by atoms with van der Waals surface area (Å²) in [5.41, 5.74) is 0.158. The number of hydrogen-bond acceptors (Lipinski definition) is 5. The highest BCUT2D eigenvalue weighted by molar-refractivity contribution is 5.88. The Morgan fingerprint density at radius 1 is 1.21 bits per heavy atom. The highest BCUT2D eigenvalue weighted by Gasteiger charge is 2.52. The van der Waals surface area contributed by atoms with Crippen molar-refractivity contribution in [2.75, 3.05) is 26.2 Å². The van der Waals surface area contributed by atoms with Crippen molar-refractivity contribution in [1.29, 1.82) is 5.26 Å². The maximum atomic E-state index is 12.6. The van der Waals surface area contributed by atoms with Gasteiger partial charge in [-0.25, -0.2) is 0 Å². The Morgan fingerprint density at radius 2 is 2.00 bits per heavy atom. The van der Waals surface area contributed by atoms with Crippen LogP contribution in [-0.4, -0.2) is 58.8 Å². The Labute approximate surface area is 172 Å². The second-order valence-electron chi connectivity index (χ2n) is 8.59. The number of nitrogens with zero attached hydrogens (tertiary/aromatic N) is 4. The van der Waals surface area contributed by atoms with Crippen LogP contribution in [0.1, 0.15) is 44.2 Å². The van der Waals surface area contributed by atoms with Gasteiger partial charge in [0.25, 0.3) is 0 Å². The van der Waals surface area contributed by atoms with Crippen molar-refractivity contribution >= 4 is 11.8 Å². The smallest absolute Gasteiger partial charge is 0.243 e. The summed E-state index contributed by atoms with van der Waals surface area (Å²) in [6.45, 7) is 3.72. The average molecular weight is 396 g/mol. The largest absolute Gasteiger partial charge is 0.350 e. The highest BCUT2D eigenvalue weighted by atomic mass is 16.2. The maximum absolute atomic E-state index is 12.6. The molecule has 1 aromatic rings. The van der Waals surface area contributed by atoms with Crippen molar-refractivity contribution in [3.63, 3.8) is 0 Å². The molecule has 7 heteroatoms. The number of rotatable bonds is 5. The van der Waals surface area contributed by atoms with Crippen LogP contribution < -0.4 is 5.32 Å². The Kier molecular flexibility index (Phi) is 5.81. The molecule has 0 unspecified atom stereocenters. The fraction of sp³-hybridized carbons (Fsp3) is 0.636. The molecule has 2 amide bonds. The first-order valence-corrected chi connectivity index (χ1v) is 10.7. The number of pyridine rings is 1. The molecule has 4 rings (SSSR count). The minimum atomic E-state index is -0.714. The lowest BCUT2D eigenvalue weighted by molar-refractivity contribution is -0.136. The van der Waals surface area contributed by atoms with Gasteiger partial charge in [0.05, 0.1) is 24.2 Å². The first-order valence-electron chi connectivity index (χ1n) is 10.7. The van der Waals surface area contributed by atoms with E-state index in [4.69, 9.17) is 0 Å². The van der Waals surface area contributed by atoms with E-state index in [-0.39, 0.29) is 17.7 Å². The number of carbonyl (C=O) groups is 2. The van der Waals surface area contributed by atoms with Crippen LogP contribution in [0.5, 0.6) is 0 Å². The third-order valence-corrected chi connectivity index (χ3v) is 6.63. The SMILES string of the molecule is N#CC1(C(=O)N2CCC(N3CCC[C@H](C(=O)NCc4ccccn4)C3)CC2)CC1. The summed E-state index contributed by atoms with van der Waals surface area (Å²) in [6, 6.07) is 8.35. The van der Waals surface area contributed by atoms with Crippen molar-refractivity contribution in [2.45, 2.75) is 51.1 Å². The van der Waals surface area contributed by atoms with Crippen LogP contribution in [0.4, 0.5) is 0 Å². The van der Waals surface area contributed by atoms with Crippen LogP contribution in [-0.2, 0) is 16.1 Å². The van der Waals surface area contributed by atoms with E-state index in [0.717, 1.165) is 57.6 Å². The number of amides is 2. The highest BCUT2D eigenvalue weighted by Crippen LogP contribution is 2.46. The van der Waals surface area contributed by atoms with Crippen molar-refractivity contribution < 1.29 is 9.59 Å². The summed E-state index contributed by atoms with van der Waals surface area (Å²) in [6.07, 6.45) is 6.96. The quantitative estimate of drug-likeness (QED) is 0.820. The molecule has 1 saturated carbocycles. The second-order valence-corrected chi connectivity index (χ2v) is 8.59. The number of nitriles is 1. The monoisotopic (exact) mass is 395 g/mol. The van der Waals surface area contributed by atoms with Crippen molar-refractivity contribution in [2.24, 2.45) is 11.3 Å². The van der Waals surface area contributed by atoms with Gasteiger partial charge in [-0.1, -0.05) is 6.07 Å². The van der Waals surface area contributed by atoms with Gasteiger partial charge in [0.1, 0.15) is 5.41 Å². The molecule has 1 N–H and O–H groups in total. The van der Waals surface area contributed by atoms with Gasteiger partial charge in [0.2, 0.25) is 11.8 Å². The molecule has 0 spiro atoms. The van der Waals surface area contributed by atoms with E-state index in [1.54, 1.807) is 6.20 Å². The predicted octanol–water partition coefficient (Wildman–Crippen LogP) is 1.70. The summed E-state index contributed by atoms with van der Waals surface area (Å²) in [7, 11) is 0. The topological polar surface area (TPSA) is 89.3 Å². The molecule has 3 heterocycles. The van der Waals surface area contributed by atoms with Crippen LogP contribution in [0.15, 0.2) is 24.4 Å². The van der Waals surface area contributed by atoms with E-state index in [1.165, 1.54) is 0 Å². The van der Waals surface area contributed by atoms with Crippen LogP contribution in [0.3, 0.4) is 0 Å². The average Bonchev–Trinajstić information content (AvgIpc) is 3.59. The van der Waals surface area contributed by atoms with Crippen LogP contribution >= 0.6 is 0 Å². The van der Waals surface area contributed by atoms with Gasteiger partial charge in [-0.15, -0.1) is 0 Å². The molecular weight excluding hydrogens is 366 g/mol. The Balaban J connectivity index is 1.25. The molecule has 1 atom stereocenters. The molecule has 2 saturated heterocycles. The predicted molar refractivity (Wildman–Crippen MR) is 107 cm³/mol. The van der Waals surface area contributed by atoms with Crippen LogP contribution in [0.25, 0.3) is 0 Å². The molecule has 3 fully saturated rings. The molecule has 2 aliphatic heterocycles. The van der Waals surface area contributed by atoms with Gasteiger partial charge in [-0.05, 0) is 57.2 Å². The minimum Gasteiger partial charge on any atom is -0.350 e. The Morgan fingerprint density at radius 3 is 2.66 bits per heavy atom. The number of likely N-dealkylation sites (tertiary alicyclic amines) is 2. The summed E-state index contributed by atoms with van der Waals surface area (Å²) in [4.78, 5) is 33.8. The minimum absolute atomic E-state index is 0.0143. The van der Waals surface area contributed by atoms with Crippen LogP contribution in [0.2, 0.25) is 0 Å². The first-order chi connectivity index (χ1) is 14.1. The number of aromatic nitrogens is 1. The Bertz CT molecular complexity index is 778. The maximum Gasteiger partial charge on any atom is 0.243 e. The molecule has 1 aromatic heterocycles. The van der Waals surface area contributed by atoms with Crippen molar-refractivity contribution in [3.05, 3.63) is 30.1 Å². The number of piperidine rings is 2. The number of carbonyl (C=O) groups excluding carboxylic acids is 2. The van der Waals surface area contributed by atoms with Gasteiger partial charge < -0.3 is 10.2 Å². The molecule has 0 radical (unpaired) electrons. The van der Waals surface area contributed by atoms with Gasteiger partial charge >= 0.3 is 0 Å². The molecular formula is C22H29N5O2. The number of hydrogen-bond donors (Lipinski definition) is 1. The van der Waals surface area contributed by atoms with Gasteiger partial charge in [0.15, 0.2) is 0 Å². The molecule has 154 valence electrons. The van der Waals surface area contributed by atoms with E-state index < -0.39 is 5.41 Å². The standard InChI is InChI=1S/C22H29N5O2/c23-16-22(8-9-22)21(29)26-12-6-19(7-13-26)27-11-3-4-17(15-27)20(28)25-14-18-5-1-2-10-24-18/h1-2,5,10,17,19H,3-4,6-9,11-15H2,(H,25,28)/t17-/m0/s1. The van der Waals surface area contributed by atoms with Gasteiger partial charge in [0, 0.05) is 31.9 Å². The number of nitrogens with one attached hydrogen (secondary N) is 1. The molecule has 3 aliphatic rings. The third kappa shape index (κ3) is 4.43. The van der Waals surface area contributed by atoms with Gasteiger partial charge in [-0.3, -0.25) is 19.5 Å². The van der Waals surface area contributed by atoms with E-state index in [2.05, 4.69) is 21.3 Å².